The molecule has 0 aliphatic carbocycles. The lowest BCUT2D eigenvalue weighted by Crippen LogP contribution is -2.19. The predicted molar refractivity (Wildman–Crippen MR) is 63.2 cm³/mol. The third kappa shape index (κ3) is 1.92. The van der Waals surface area contributed by atoms with Crippen molar-refractivity contribution in [3.63, 3.8) is 0 Å². The minimum Gasteiger partial charge on any atom is -0.454 e. The fourth-order valence-electron chi connectivity index (χ4n) is 2.10. The summed E-state index contributed by atoms with van der Waals surface area (Å²) >= 11 is 3.65. The summed E-state index contributed by atoms with van der Waals surface area (Å²) in [5, 5.41) is 0. The first kappa shape index (κ1) is 10.4. The van der Waals surface area contributed by atoms with E-state index in [1.807, 2.05) is 12.1 Å². The Bertz CT molecular complexity index is 394. The smallest absolute Gasteiger partial charge is 0.231 e. The number of hydrogen-bond acceptors (Lipinski definition) is 3. The lowest BCUT2D eigenvalue weighted by molar-refractivity contribution is 0.0186. The van der Waals surface area contributed by atoms with Crippen LogP contribution in [0.5, 0.6) is 11.5 Å². The quantitative estimate of drug-likeness (QED) is 0.742. The van der Waals surface area contributed by atoms with Crippen molar-refractivity contribution in [2.45, 2.75) is 23.8 Å². The first-order chi connectivity index (χ1) is 7.83. The van der Waals surface area contributed by atoms with E-state index < -0.39 is 0 Å². The van der Waals surface area contributed by atoms with Gasteiger partial charge in [0, 0.05) is 11.4 Å². The van der Waals surface area contributed by atoms with E-state index in [1.165, 1.54) is 5.56 Å². The second-order valence-electron chi connectivity index (χ2n) is 4.09. The molecule has 1 fully saturated rings. The molecule has 1 aromatic rings. The second-order valence-corrected chi connectivity index (χ2v) is 5.39. The summed E-state index contributed by atoms with van der Waals surface area (Å²) in [4.78, 5) is 0.552. The number of ether oxygens (including phenoxy) is 3. The van der Waals surface area contributed by atoms with Crippen LogP contribution in [0.1, 0.15) is 24.5 Å². The number of benzene rings is 1. The van der Waals surface area contributed by atoms with Gasteiger partial charge >= 0.3 is 0 Å². The first-order valence-electron chi connectivity index (χ1n) is 5.48. The molecule has 0 spiro atoms. The molecule has 4 heteroatoms. The summed E-state index contributed by atoms with van der Waals surface area (Å²) in [7, 11) is 0. The van der Waals surface area contributed by atoms with Crippen LogP contribution in [0.3, 0.4) is 0 Å². The van der Waals surface area contributed by atoms with E-state index in [0.29, 0.717) is 11.6 Å². The largest absolute Gasteiger partial charge is 0.454 e. The van der Waals surface area contributed by atoms with Gasteiger partial charge in [0.2, 0.25) is 6.79 Å². The van der Waals surface area contributed by atoms with Crippen LogP contribution in [-0.2, 0) is 4.74 Å². The zero-order chi connectivity index (χ0) is 11.0. The standard InChI is InChI=1S/C12H13BrO3/c13-9-3-4-14-11(6-9)8-1-2-10-12(5-8)16-7-15-10/h1-2,5,9,11H,3-4,6-7H2/t9-,11-/m1/s1. The van der Waals surface area contributed by atoms with Gasteiger partial charge in [-0.3, -0.25) is 0 Å². The van der Waals surface area contributed by atoms with Crippen LogP contribution >= 0.6 is 15.9 Å². The second kappa shape index (κ2) is 4.26. The molecule has 0 aromatic heterocycles. The lowest BCUT2D eigenvalue weighted by Gasteiger charge is -2.26. The highest BCUT2D eigenvalue weighted by molar-refractivity contribution is 9.09. The molecule has 2 aliphatic heterocycles. The van der Waals surface area contributed by atoms with Crippen molar-refractivity contribution in [2.75, 3.05) is 13.4 Å². The van der Waals surface area contributed by atoms with Gasteiger partial charge in [-0.15, -0.1) is 0 Å². The highest BCUT2D eigenvalue weighted by Gasteiger charge is 2.24. The van der Waals surface area contributed by atoms with Gasteiger partial charge in [0.15, 0.2) is 11.5 Å². The highest BCUT2D eigenvalue weighted by atomic mass is 79.9. The summed E-state index contributed by atoms with van der Waals surface area (Å²) in [6.45, 7) is 1.14. The van der Waals surface area contributed by atoms with Crippen molar-refractivity contribution in [2.24, 2.45) is 0 Å². The lowest BCUT2D eigenvalue weighted by atomic mass is 10.0. The summed E-state index contributed by atoms with van der Waals surface area (Å²) < 4.78 is 16.4. The van der Waals surface area contributed by atoms with Gasteiger partial charge in [0.05, 0.1) is 6.10 Å². The molecule has 0 N–H and O–H groups in total. The molecule has 16 heavy (non-hydrogen) atoms. The van der Waals surface area contributed by atoms with Crippen molar-refractivity contribution in [1.82, 2.24) is 0 Å². The Balaban J connectivity index is 1.83. The van der Waals surface area contributed by atoms with Crippen molar-refractivity contribution < 1.29 is 14.2 Å². The Kier molecular flexibility index (Phi) is 2.77. The summed E-state index contributed by atoms with van der Waals surface area (Å²) in [6.07, 6.45) is 2.27. The summed E-state index contributed by atoms with van der Waals surface area (Å²) in [6, 6.07) is 6.04. The molecule has 2 heterocycles. The van der Waals surface area contributed by atoms with Crippen molar-refractivity contribution in [3.8, 4) is 11.5 Å². The zero-order valence-electron chi connectivity index (χ0n) is 8.82. The SMILES string of the molecule is Br[C@@H]1CCO[C@@H](c2ccc3c(c2)OCO3)C1. The van der Waals surface area contributed by atoms with E-state index in [1.54, 1.807) is 0 Å². The van der Waals surface area contributed by atoms with E-state index in [4.69, 9.17) is 14.2 Å². The van der Waals surface area contributed by atoms with Crippen LogP contribution in [0.2, 0.25) is 0 Å². The average Bonchev–Trinajstić information content (AvgIpc) is 2.75. The molecule has 0 saturated carbocycles. The molecule has 0 unspecified atom stereocenters. The first-order valence-corrected chi connectivity index (χ1v) is 6.40. The molecule has 2 atom stereocenters. The topological polar surface area (TPSA) is 27.7 Å². The van der Waals surface area contributed by atoms with E-state index in [9.17, 15) is 0 Å². The Labute approximate surface area is 103 Å². The van der Waals surface area contributed by atoms with E-state index >= 15 is 0 Å². The average molecular weight is 285 g/mol. The molecule has 1 saturated heterocycles. The fourth-order valence-corrected chi connectivity index (χ4v) is 2.63. The molecule has 0 bridgehead atoms. The Morgan fingerprint density at radius 2 is 2.06 bits per heavy atom. The van der Waals surface area contributed by atoms with Crippen LogP contribution in [0.15, 0.2) is 18.2 Å². The predicted octanol–water partition coefficient (Wildman–Crippen LogP) is 3.03. The van der Waals surface area contributed by atoms with Crippen LogP contribution in [0.4, 0.5) is 0 Å². The molecule has 86 valence electrons. The van der Waals surface area contributed by atoms with E-state index in [0.717, 1.165) is 30.9 Å². The zero-order valence-corrected chi connectivity index (χ0v) is 10.4. The van der Waals surface area contributed by atoms with E-state index in [-0.39, 0.29) is 6.10 Å². The van der Waals surface area contributed by atoms with Crippen LogP contribution in [0, 0.1) is 0 Å². The molecule has 0 radical (unpaired) electrons. The van der Waals surface area contributed by atoms with Crippen LogP contribution in [-0.4, -0.2) is 18.2 Å². The van der Waals surface area contributed by atoms with Crippen LogP contribution < -0.4 is 9.47 Å². The maximum absolute atomic E-state index is 5.77. The monoisotopic (exact) mass is 284 g/mol. The van der Waals surface area contributed by atoms with Gasteiger partial charge in [-0.1, -0.05) is 22.0 Å². The number of alkyl halides is 1. The highest BCUT2D eigenvalue weighted by Crippen LogP contribution is 2.38. The van der Waals surface area contributed by atoms with Gasteiger partial charge in [-0.05, 0) is 30.5 Å². The van der Waals surface area contributed by atoms with Gasteiger partial charge in [-0.25, -0.2) is 0 Å². The molecular weight excluding hydrogens is 272 g/mol. The summed E-state index contributed by atoms with van der Waals surface area (Å²) in [5.74, 6) is 1.66. The van der Waals surface area contributed by atoms with E-state index in [2.05, 4.69) is 22.0 Å². The normalized spacial score (nSPS) is 28.1. The molecule has 3 rings (SSSR count). The maximum atomic E-state index is 5.77. The third-order valence-electron chi connectivity index (χ3n) is 2.99. The van der Waals surface area contributed by atoms with Crippen molar-refractivity contribution in [3.05, 3.63) is 23.8 Å². The Hall–Kier alpha value is -0.740. The fraction of sp³-hybridized carbons (Fsp3) is 0.500. The number of fused-ring (bicyclic) bond motifs is 1. The number of halogens is 1. The maximum Gasteiger partial charge on any atom is 0.231 e. The third-order valence-corrected chi connectivity index (χ3v) is 3.82. The van der Waals surface area contributed by atoms with Crippen molar-refractivity contribution >= 4 is 15.9 Å². The minimum atomic E-state index is 0.174. The molecule has 1 aromatic carbocycles. The van der Waals surface area contributed by atoms with Gasteiger partial charge < -0.3 is 14.2 Å². The Morgan fingerprint density at radius 1 is 1.19 bits per heavy atom. The minimum absolute atomic E-state index is 0.174. The van der Waals surface area contributed by atoms with Crippen LogP contribution in [0.25, 0.3) is 0 Å². The molecular formula is C12H13BrO3. The Morgan fingerprint density at radius 3 is 2.94 bits per heavy atom. The molecule has 3 nitrogen and oxygen atoms in total. The summed E-state index contributed by atoms with van der Waals surface area (Å²) in [5.41, 5.74) is 1.17. The van der Waals surface area contributed by atoms with Gasteiger partial charge in [-0.2, -0.15) is 0 Å². The van der Waals surface area contributed by atoms with Gasteiger partial charge in [0.1, 0.15) is 0 Å². The number of hydrogen-bond donors (Lipinski definition) is 0. The molecule has 0 amide bonds. The number of rotatable bonds is 1. The van der Waals surface area contributed by atoms with Gasteiger partial charge in [0.25, 0.3) is 0 Å². The van der Waals surface area contributed by atoms with Crippen molar-refractivity contribution in [1.29, 1.82) is 0 Å². The molecule has 2 aliphatic rings.